The monoisotopic (exact) mass is 400 g/mol. The first-order valence-electron chi connectivity index (χ1n) is 9.73. The van der Waals surface area contributed by atoms with Gasteiger partial charge in [0, 0.05) is 29.9 Å². The van der Waals surface area contributed by atoms with Crippen LogP contribution in [0.4, 0.5) is 16.2 Å². The number of aromatic nitrogens is 3. The molecule has 0 saturated heterocycles. The molecular formula is C20H25FN6S. The minimum absolute atomic E-state index is 0.186. The number of thioether (sulfide) groups is 1. The predicted molar refractivity (Wildman–Crippen MR) is 111 cm³/mol. The highest BCUT2D eigenvalue weighted by molar-refractivity contribution is 8.03. The summed E-state index contributed by atoms with van der Waals surface area (Å²) in [7, 11) is 0. The number of thiocyanates is 1. The third-order valence-corrected chi connectivity index (χ3v) is 5.41. The molecule has 2 aromatic rings. The largest absolute Gasteiger partial charge is 0.367 e. The van der Waals surface area contributed by atoms with Crippen molar-refractivity contribution in [2.45, 2.75) is 62.6 Å². The van der Waals surface area contributed by atoms with Gasteiger partial charge in [-0.2, -0.15) is 10.2 Å². The van der Waals surface area contributed by atoms with E-state index in [1.54, 1.807) is 18.5 Å². The van der Waals surface area contributed by atoms with Gasteiger partial charge in [-0.1, -0.05) is 26.2 Å². The molecule has 28 heavy (non-hydrogen) atoms. The van der Waals surface area contributed by atoms with Crippen LogP contribution >= 0.6 is 11.8 Å². The lowest BCUT2D eigenvalue weighted by atomic mass is 9.95. The van der Waals surface area contributed by atoms with Gasteiger partial charge in [-0.25, -0.2) is 9.37 Å². The molecule has 6 nitrogen and oxygen atoms in total. The van der Waals surface area contributed by atoms with Crippen molar-refractivity contribution in [1.82, 2.24) is 15.0 Å². The first kappa shape index (κ1) is 20.3. The molecule has 0 aromatic carbocycles. The Bertz CT molecular complexity index is 819. The highest BCUT2D eigenvalue weighted by Gasteiger charge is 2.18. The van der Waals surface area contributed by atoms with Crippen LogP contribution in [0, 0.1) is 10.7 Å². The van der Waals surface area contributed by atoms with Crippen molar-refractivity contribution < 1.29 is 4.39 Å². The van der Waals surface area contributed by atoms with E-state index in [4.69, 9.17) is 5.26 Å². The molecule has 1 aliphatic rings. The number of nitrogens with zero attached hydrogens (tertiary/aromatic N) is 4. The van der Waals surface area contributed by atoms with Gasteiger partial charge in [0.1, 0.15) is 17.4 Å². The zero-order valence-electron chi connectivity index (χ0n) is 16.0. The predicted octanol–water partition coefficient (Wildman–Crippen LogP) is 5.02. The molecular weight excluding hydrogens is 375 g/mol. The van der Waals surface area contributed by atoms with E-state index >= 15 is 0 Å². The summed E-state index contributed by atoms with van der Waals surface area (Å²) in [4.78, 5) is 14.2. The maximum Gasteiger partial charge on any atom is 0.224 e. The van der Waals surface area contributed by atoms with Crippen LogP contribution in [0.25, 0.3) is 11.3 Å². The fourth-order valence-electron chi connectivity index (χ4n) is 3.23. The summed E-state index contributed by atoms with van der Waals surface area (Å²) in [5, 5.41) is 17.5. The number of alkyl halides is 1. The quantitative estimate of drug-likeness (QED) is 0.475. The van der Waals surface area contributed by atoms with Crippen molar-refractivity contribution in [3.05, 3.63) is 24.5 Å². The third kappa shape index (κ3) is 5.55. The van der Waals surface area contributed by atoms with Gasteiger partial charge in [-0.15, -0.1) is 0 Å². The summed E-state index contributed by atoms with van der Waals surface area (Å²) < 4.78 is 13.6. The molecule has 2 N–H and O–H groups in total. The van der Waals surface area contributed by atoms with Crippen molar-refractivity contribution in [3.8, 4) is 16.7 Å². The van der Waals surface area contributed by atoms with Crippen LogP contribution in [0.3, 0.4) is 0 Å². The maximum atomic E-state index is 13.6. The van der Waals surface area contributed by atoms with Crippen molar-refractivity contribution in [3.63, 3.8) is 0 Å². The van der Waals surface area contributed by atoms with Gasteiger partial charge < -0.3 is 10.6 Å². The summed E-state index contributed by atoms with van der Waals surface area (Å²) >= 11 is 1.09. The van der Waals surface area contributed by atoms with E-state index in [-0.39, 0.29) is 6.54 Å². The Morgan fingerprint density at radius 3 is 2.89 bits per heavy atom. The first-order valence-corrected chi connectivity index (χ1v) is 10.5. The summed E-state index contributed by atoms with van der Waals surface area (Å²) in [5.41, 5.74) is 1.49. The zero-order chi connectivity index (χ0) is 19.8. The molecule has 1 saturated carbocycles. The fraction of sp³-hybridized carbons (Fsp3) is 0.500. The van der Waals surface area contributed by atoms with Crippen LogP contribution in [-0.2, 0) is 0 Å². The zero-order valence-corrected chi connectivity index (χ0v) is 16.8. The number of hydrogen-bond donors (Lipinski definition) is 2. The molecule has 1 atom stereocenters. The van der Waals surface area contributed by atoms with E-state index in [9.17, 15) is 4.39 Å². The first-order chi connectivity index (χ1) is 13.7. The molecule has 1 unspecified atom stereocenters. The second-order valence-corrected chi connectivity index (χ2v) is 7.75. The number of hydrogen-bond acceptors (Lipinski definition) is 7. The van der Waals surface area contributed by atoms with Crippen molar-refractivity contribution in [1.29, 1.82) is 5.26 Å². The van der Waals surface area contributed by atoms with Crippen molar-refractivity contribution in [2.75, 3.05) is 17.2 Å². The number of pyridine rings is 1. The Kier molecular flexibility index (Phi) is 7.43. The minimum atomic E-state index is -0.931. The smallest absolute Gasteiger partial charge is 0.224 e. The summed E-state index contributed by atoms with van der Waals surface area (Å²) in [5.74, 6) is 1.10. The van der Waals surface area contributed by atoms with Gasteiger partial charge in [0.2, 0.25) is 5.95 Å². The Balaban J connectivity index is 1.88. The lowest BCUT2D eigenvalue weighted by molar-refractivity contribution is 0.340. The van der Waals surface area contributed by atoms with Gasteiger partial charge in [-0.05, 0) is 43.2 Å². The Labute approximate surface area is 169 Å². The van der Waals surface area contributed by atoms with E-state index in [1.165, 1.54) is 19.3 Å². The van der Waals surface area contributed by atoms with Crippen molar-refractivity contribution in [2.24, 2.45) is 0 Å². The summed E-state index contributed by atoms with van der Waals surface area (Å²) in [6.45, 7) is 2.00. The SMILES string of the molecule is CCC(F)CNc1ncc(-c2cc(SC#N)ccn2)c(NC2CCCCC2)n1. The second kappa shape index (κ2) is 10.2. The lowest BCUT2D eigenvalue weighted by Gasteiger charge is -2.24. The second-order valence-electron chi connectivity index (χ2n) is 6.89. The van der Waals surface area contributed by atoms with E-state index in [2.05, 4.69) is 31.0 Å². The number of halogens is 1. The average Bonchev–Trinajstić information content (AvgIpc) is 2.73. The van der Waals surface area contributed by atoms with E-state index in [0.29, 0.717) is 29.9 Å². The normalized spacial score (nSPS) is 15.6. The van der Waals surface area contributed by atoms with Gasteiger partial charge >= 0.3 is 0 Å². The number of nitrogens with one attached hydrogen (secondary N) is 2. The molecule has 2 aromatic heterocycles. The third-order valence-electron chi connectivity index (χ3n) is 4.83. The Morgan fingerprint density at radius 1 is 1.32 bits per heavy atom. The van der Waals surface area contributed by atoms with Gasteiger partial charge in [0.05, 0.1) is 11.3 Å². The summed E-state index contributed by atoms with van der Waals surface area (Å²) in [6, 6.07) is 4.02. The van der Waals surface area contributed by atoms with Gasteiger partial charge in [-0.3, -0.25) is 4.98 Å². The number of nitriles is 1. The van der Waals surface area contributed by atoms with Crippen LogP contribution in [0.2, 0.25) is 0 Å². The molecule has 0 aliphatic heterocycles. The molecule has 3 rings (SSSR count). The topological polar surface area (TPSA) is 86.5 Å². The maximum absolute atomic E-state index is 13.6. The highest BCUT2D eigenvalue weighted by atomic mass is 32.2. The van der Waals surface area contributed by atoms with Crippen LogP contribution in [-0.4, -0.2) is 33.7 Å². The minimum Gasteiger partial charge on any atom is -0.367 e. The molecule has 148 valence electrons. The molecule has 1 fully saturated rings. The molecule has 8 heteroatoms. The van der Waals surface area contributed by atoms with Crippen LogP contribution in [0.5, 0.6) is 0 Å². The molecule has 1 aliphatic carbocycles. The molecule has 0 bridgehead atoms. The molecule has 2 heterocycles. The number of rotatable bonds is 8. The van der Waals surface area contributed by atoms with Crippen LogP contribution in [0.15, 0.2) is 29.4 Å². The Morgan fingerprint density at radius 2 is 2.14 bits per heavy atom. The van der Waals surface area contributed by atoms with E-state index < -0.39 is 6.17 Å². The van der Waals surface area contributed by atoms with Crippen LogP contribution in [0.1, 0.15) is 45.4 Å². The fourth-order valence-corrected chi connectivity index (χ4v) is 3.63. The molecule has 0 radical (unpaired) electrons. The number of anilines is 2. The Hall–Kier alpha value is -2.40. The average molecular weight is 401 g/mol. The van der Waals surface area contributed by atoms with Crippen molar-refractivity contribution >= 4 is 23.5 Å². The molecule has 0 spiro atoms. The lowest BCUT2D eigenvalue weighted by Crippen LogP contribution is -2.24. The van der Waals surface area contributed by atoms with E-state index in [1.807, 2.05) is 13.0 Å². The van der Waals surface area contributed by atoms with Gasteiger partial charge in [0.25, 0.3) is 0 Å². The standard InChI is InChI=1S/C20H25FN6S/c1-2-14(21)11-24-20-25-12-17(18-10-16(28-13-22)8-9-23-18)19(27-20)26-15-6-4-3-5-7-15/h8-10,12,14-15H,2-7,11H2,1H3,(H2,24,25,26,27). The summed E-state index contributed by atoms with van der Waals surface area (Å²) in [6.07, 6.45) is 8.80. The highest BCUT2D eigenvalue weighted by Crippen LogP contribution is 2.30. The van der Waals surface area contributed by atoms with E-state index in [0.717, 1.165) is 35.1 Å². The molecule has 0 amide bonds. The van der Waals surface area contributed by atoms with Gasteiger partial charge in [0.15, 0.2) is 0 Å². The van der Waals surface area contributed by atoms with Crippen LogP contribution < -0.4 is 10.6 Å².